The van der Waals surface area contributed by atoms with Crippen LogP contribution in [-0.2, 0) is 16.0 Å². The van der Waals surface area contributed by atoms with Gasteiger partial charge in [-0.25, -0.2) is 4.79 Å². The van der Waals surface area contributed by atoms with E-state index >= 15 is 0 Å². The molecule has 0 heterocycles. The van der Waals surface area contributed by atoms with Gasteiger partial charge >= 0.3 is 6.09 Å². The van der Waals surface area contributed by atoms with E-state index in [0.717, 1.165) is 12.1 Å². The number of amides is 2. The monoisotopic (exact) mass is 352 g/mol. The van der Waals surface area contributed by atoms with E-state index in [9.17, 15) is 9.59 Å². The van der Waals surface area contributed by atoms with Crippen molar-refractivity contribution in [1.82, 2.24) is 4.90 Å². The minimum absolute atomic E-state index is 0.0633. The van der Waals surface area contributed by atoms with Gasteiger partial charge in [0.15, 0.2) is 0 Å². The van der Waals surface area contributed by atoms with Gasteiger partial charge < -0.3 is 15.0 Å². The van der Waals surface area contributed by atoms with E-state index in [1.54, 1.807) is 27.8 Å². The van der Waals surface area contributed by atoms with Gasteiger partial charge in [0.25, 0.3) is 0 Å². The van der Waals surface area contributed by atoms with E-state index in [-0.39, 0.29) is 12.5 Å². The number of rotatable bonds is 3. The molecule has 2 aromatic carbocycles. The third-order valence-corrected chi connectivity index (χ3v) is 4.16. The first-order chi connectivity index (χ1) is 12.2. The largest absolute Gasteiger partial charge is 0.444 e. The number of carbonyl (C=O) groups is 2. The summed E-state index contributed by atoms with van der Waals surface area (Å²) in [5.41, 5.74) is 5.12. The summed E-state index contributed by atoms with van der Waals surface area (Å²) in [6.07, 6.45) is 0.351. The minimum atomic E-state index is -0.586. The van der Waals surface area contributed by atoms with E-state index < -0.39 is 11.7 Å². The molecule has 0 aromatic heterocycles. The molecular formula is C21H24N2O3. The first-order valence-corrected chi connectivity index (χ1v) is 8.68. The number of hydrogen-bond donors (Lipinski definition) is 1. The summed E-state index contributed by atoms with van der Waals surface area (Å²) in [5.74, 6) is -0.256. The SMILES string of the molecule is CN(CC(=O)Nc1ccc2c(c1)Cc1ccccc1-2)C(=O)OC(C)(C)C. The molecule has 0 fully saturated rings. The highest BCUT2D eigenvalue weighted by atomic mass is 16.6. The molecule has 136 valence electrons. The number of nitrogens with zero attached hydrogens (tertiary/aromatic N) is 1. The molecule has 2 amide bonds. The Kier molecular flexibility index (Phi) is 4.72. The number of carbonyl (C=O) groups excluding carboxylic acids is 2. The first-order valence-electron chi connectivity index (χ1n) is 8.68. The number of likely N-dealkylation sites (N-methyl/N-ethyl adjacent to an activating group) is 1. The molecule has 0 radical (unpaired) electrons. The molecule has 3 rings (SSSR count). The zero-order valence-electron chi connectivity index (χ0n) is 15.6. The Labute approximate surface area is 154 Å². The highest BCUT2D eigenvalue weighted by Gasteiger charge is 2.22. The van der Waals surface area contributed by atoms with Crippen LogP contribution in [0, 0.1) is 0 Å². The fourth-order valence-electron chi connectivity index (χ4n) is 3.04. The second-order valence-electron chi connectivity index (χ2n) is 7.59. The van der Waals surface area contributed by atoms with Gasteiger partial charge in [-0.3, -0.25) is 4.79 Å². The van der Waals surface area contributed by atoms with Crippen molar-refractivity contribution in [1.29, 1.82) is 0 Å². The second-order valence-corrected chi connectivity index (χ2v) is 7.59. The maximum atomic E-state index is 12.3. The molecule has 0 spiro atoms. The van der Waals surface area contributed by atoms with Crippen molar-refractivity contribution in [3.05, 3.63) is 53.6 Å². The Hall–Kier alpha value is -2.82. The fraction of sp³-hybridized carbons (Fsp3) is 0.333. The number of hydrogen-bond acceptors (Lipinski definition) is 3. The maximum Gasteiger partial charge on any atom is 0.410 e. The van der Waals surface area contributed by atoms with Crippen LogP contribution in [-0.4, -0.2) is 36.1 Å². The lowest BCUT2D eigenvalue weighted by Gasteiger charge is -2.24. The summed E-state index contributed by atoms with van der Waals surface area (Å²) < 4.78 is 5.25. The molecule has 0 unspecified atom stereocenters. The fourth-order valence-corrected chi connectivity index (χ4v) is 3.04. The Morgan fingerprint density at radius 1 is 1.08 bits per heavy atom. The van der Waals surface area contributed by atoms with Gasteiger partial charge in [0.2, 0.25) is 5.91 Å². The summed E-state index contributed by atoms with van der Waals surface area (Å²) >= 11 is 0. The Morgan fingerprint density at radius 3 is 2.50 bits per heavy atom. The minimum Gasteiger partial charge on any atom is -0.444 e. The number of nitrogens with one attached hydrogen (secondary N) is 1. The predicted molar refractivity (Wildman–Crippen MR) is 102 cm³/mol. The van der Waals surface area contributed by atoms with E-state index in [2.05, 4.69) is 17.4 Å². The predicted octanol–water partition coefficient (Wildman–Crippen LogP) is 4.06. The second kappa shape index (κ2) is 6.83. The van der Waals surface area contributed by atoms with Crippen LogP contribution in [0.5, 0.6) is 0 Å². The average Bonchev–Trinajstić information content (AvgIpc) is 2.90. The van der Waals surface area contributed by atoms with Crippen molar-refractivity contribution < 1.29 is 14.3 Å². The van der Waals surface area contributed by atoms with Crippen LogP contribution in [0.2, 0.25) is 0 Å². The van der Waals surface area contributed by atoms with Crippen LogP contribution < -0.4 is 5.32 Å². The van der Waals surface area contributed by atoms with Crippen LogP contribution in [0.3, 0.4) is 0 Å². The molecule has 26 heavy (non-hydrogen) atoms. The summed E-state index contributed by atoms with van der Waals surface area (Å²) in [7, 11) is 1.55. The van der Waals surface area contributed by atoms with Gasteiger partial charge in [0, 0.05) is 12.7 Å². The molecular weight excluding hydrogens is 328 g/mol. The first kappa shape index (κ1) is 18.0. The number of benzene rings is 2. The van der Waals surface area contributed by atoms with Gasteiger partial charge in [-0.05, 0) is 61.6 Å². The van der Waals surface area contributed by atoms with Crippen LogP contribution in [0.25, 0.3) is 11.1 Å². The summed E-state index contributed by atoms with van der Waals surface area (Å²) in [5, 5.41) is 2.86. The Morgan fingerprint density at radius 2 is 1.77 bits per heavy atom. The van der Waals surface area contributed by atoms with Crippen molar-refractivity contribution in [2.45, 2.75) is 32.8 Å². The molecule has 1 aliphatic rings. The Bertz CT molecular complexity index is 853. The lowest BCUT2D eigenvalue weighted by molar-refractivity contribution is -0.117. The lowest BCUT2D eigenvalue weighted by Crippen LogP contribution is -2.38. The third kappa shape index (κ3) is 4.04. The highest BCUT2D eigenvalue weighted by Crippen LogP contribution is 2.37. The Balaban J connectivity index is 1.62. The van der Waals surface area contributed by atoms with E-state index in [4.69, 9.17) is 4.74 Å². The van der Waals surface area contributed by atoms with Crippen molar-refractivity contribution in [2.75, 3.05) is 18.9 Å². The molecule has 5 heteroatoms. The quantitative estimate of drug-likeness (QED) is 0.773. The summed E-state index contributed by atoms with van der Waals surface area (Å²) in [4.78, 5) is 25.5. The lowest BCUT2D eigenvalue weighted by atomic mass is 10.1. The van der Waals surface area contributed by atoms with Gasteiger partial charge in [0.1, 0.15) is 12.1 Å². The van der Waals surface area contributed by atoms with Crippen LogP contribution in [0.15, 0.2) is 42.5 Å². The average molecular weight is 352 g/mol. The van der Waals surface area contributed by atoms with Crippen molar-refractivity contribution >= 4 is 17.7 Å². The van der Waals surface area contributed by atoms with Crippen molar-refractivity contribution in [3.63, 3.8) is 0 Å². The molecule has 1 aliphatic carbocycles. The van der Waals surface area contributed by atoms with Gasteiger partial charge in [0.05, 0.1) is 0 Å². The highest BCUT2D eigenvalue weighted by molar-refractivity contribution is 5.94. The van der Waals surface area contributed by atoms with Crippen molar-refractivity contribution in [2.24, 2.45) is 0 Å². The molecule has 0 bridgehead atoms. The number of anilines is 1. The molecule has 0 atom stereocenters. The summed E-state index contributed by atoms with van der Waals surface area (Å²) in [6, 6.07) is 14.3. The van der Waals surface area contributed by atoms with Crippen LogP contribution >= 0.6 is 0 Å². The molecule has 0 saturated carbocycles. The molecule has 2 aromatic rings. The number of ether oxygens (including phenoxy) is 1. The van der Waals surface area contributed by atoms with E-state index in [0.29, 0.717) is 0 Å². The molecule has 0 aliphatic heterocycles. The molecule has 5 nitrogen and oxygen atoms in total. The normalized spacial score (nSPS) is 12.2. The third-order valence-electron chi connectivity index (χ3n) is 4.16. The standard InChI is InChI=1S/C21H24N2O3/c1-21(2,3)26-20(25)23(4)13-19(24)22-16-9-10-18-15(12-16)11-14-7-5-6-8-17(14)18/h5-10,12H,11,13H2,1-4H3,(H,22,24). The van der Waals surface area contributed by atoms with Crippen LogP contribution in [0.1, 0.15) is 31.9 Å². The van der Waals surface area contributed by atoms with Gasteiger partial charge in [-0.2, -0.15) is 0 Å². The number of fused-ring (bicyclic) bond motifs is 3. The molecule has 0 saturated heterocycles. The molecule has 1 N–H and O–H groups in total. The summed E-state index contributed by atoms with van der Waals surface area (Å²) in [6.45, 7) is 5.32. The van der Waals surface area contributed by atoms with Gasteiger partial charge in [-0.15, -0.1) is 0 Å². The zero-order chi connectivity index (χ0) is 18.9. The van der Waals surface area contributed by atoms with E-state index in [1.165, 1.54) is 27.2 Å². The maximum absolute atomic E-state index is 12.3. The van der Waals surface area contributed by atoms with Gasteiger partial charge in [-0.1, -0.05) is 30.3 Å². The van der Waals surface area contributed by atoms with E-state index in [1.807, 2.05) is 30.3 Å². The zero-order valence-corrected chi connectivity index (χ0v) is 15.6. The topological polar surface area (TPSA) is 58.6 Å². The van der Waals surface area contributed by atoms with Crippen molar-refractivity contribution in [3.8, 4) is 11.1 Å². The smallest absolute Gasteiger partial charge is 0.410 e. The van der Waals surface area contributed by atoms with Crippen LogP contribution in [0.4, 0.5) is 10.5 Å².